The molecule has 106 valence electrons. The van der Waals surface area contributed by atoms with Crippen LogP contribution in [-0.4, -0.2) is 11.3 Å². The zero-order chi connectivity index (χ0) is 13.8. The van der Waals surface area contributed by atoms with Gasteiger partial charge in [-0.15, -0.1) is 11.8 Å². The number of rotatable bonds is 4. The first-order valence-electron chi connectivity index (χ1n) is 6.97. The second-order valence-electron chi connectivity index (χ2n) is 5.36. The van der Waals surface area contributed by atoms with Gasteiger partial charge in [-0.2, -0.15) is 0 Å². The van der Waals surface area contributed by atoms with Gasteiger partial charge < -0.3 is 5.73 Å². The summed E-state index contributed by atoms with van der Waals surface area (Å²) < 4.78 is 26.6. The van der Waals surface area contributed by atoms with Crippen LogP contribution in [0.4, 0.5) is 8.78 Å². The first-order valence-corrected chi connectivity index (χ1v) is 7.85. The largest absolute Gasteiger partial charge is 0.327 e. The summed E-state index contributed by atoms with van der Waals surface area (Å²) >= 11 is 1.47. The van der Waals surface area contributed by atoms with Gasteiger partial charge in [-0.3, -0.25) is 0 Å². The molecule has 0 aliphatic heterocycles. The zero-order valence-electron chi connectivity index (χ0n) is 11.2. The highest BCUT2D eigenvalue weighted by atomic mass is 32.2. The summed E-state index contributed by atoms with van der Waals surface area (Å²) in [6, 6.07) is 3.89. The lowest BCUT2D eigenvalue weighted by Gasteiger charge is -2.33. The monoisotopic (exact) mass is 285 g/mol. The minimum atomic E-state index is -0.529. The van der Waals surface area contributed by atoms with Gasteiger partial charge in [0.05, 0.1) is 0 Å². The van der Waals surface area contributed by atoms with Crippen molar-refractivity contribution in [1.29, 1.82) is 0 Å². The van der Waals surface area contributed by atoms with E-state index in [0.29, 0.717) is 10.8 Å². The summed E-state index contributed by atoms with van der Waals surface area (Å²) in [6.45, 7) is 2.19. The van der Waals surface area contributed by atoms with E-state index >= 15 is 0 Å². The van der Waals surface area contributed by atoms with Crippen LogP contribution in [0.25, 0.3) is 0 Å². The van der Waals surface area contributed by atoms with Crippen molar-refractivity contribution in [2.45, 2.75) is 55.2 Å². The number of halogens is 2. The lowest BCUT2D eigenvalue weighted by molar-refractivity contribution is 0.316. The van der Waals surface area contributed by atoms with Crippen LogP contribution >= 0.6 is 11.8 Å². The van der Waals surface area contributed by atoms with E-state index in [1.54, 1.807) is 0 Å². The first kappa shape index (κ1) is 14.8. The Bertz CT molecular complexity index is 425. The van der Waals surface area contributed by atoms with Gasteiger partial charge in [0, 0.05) is 22.3 Å². The Labute approximate surface area is 118 Å². The molecule has 0 saturated heterocycles. The summed E-state index contributed by atoms with van der Waals surface area (Å²) in [6.07, 6.45) is 5.62. The van der Waals surface area contributed by atoms with Crippen molar-refractivity contribution in [2.24, 2.45) is 11.7 Å². The maximum Gasteiger partial charge on any atom is 0.139 e. The van der Waals surface area contributed by atoms with Crippen molar-refractivity contribution in [3.8, 4) is 0 Å². The molecule has 1 aromatic rings. The summed E-state index contributed by atoms with van der Waals surface area (Å²) in [5, 5.41) is 0.241. The lowest BCUT2D eigenvalue weighted by Crippen LogP contribution is -2.38. The summed E-state index contributed by atoms with van der Waals surface area (Å²) in [7, 11) is 0. The quantitative estimate of drug-likeness (QED) is 0.890. The molecule has 1 aliphatic rings. The average Bonchev–Trinajstić information content (AvgIpc) is 2.37. The van der Waals surface area contributed by atoms with Crippen molar-refractivity contribution in [2.75, 3.05) is 0 Å². The van der Waals surface area contributed by atoms with Crippen molar-refractivity contribution >= 4 is 11.8 Å². The molecule has 0 amide bonds. The van der Waals surface area contributed by atoms with Crippen LogP contribution in [0.15, 0.2) is 23.1 Å². The van der Waals surface area contributed by atoms with Crippen molar-refractivity contribution in [3.63, 3.8) is 0 Å². The standard InChI is InChI=1S/C15H21F2NS/c1-2-3-10-4-6-13(18)15(8-10)19-14-7-5-11(16)9-12(14)17/h5,7,9-10,13,15H,2-4,6,8,18H2,1H3. The highest BCUT2D eigenvalue weighted by Crippen LogP contribution is 2.38. The molecule has 1 nitrogen and oxygen atoms in total. The van der Waals surface area contributed by atoms with E-state index in [2.05, 4.69) is 6.92 Å². The van der Waals surface area contributed by atoms with Crippen molar-refractivity contribution < 1.29 is 8.78 Å². The number of thioether (sulfide) groups is 1. The second kappa shape index (κ2) is 6.71. The summed E-state index contributed by atoms with van der Waals surface area (Å²) in [5.41, 5.74) is 6.15. The molecule has 2 rings (SSSR count). The van der Waals surface area contributed by atoms with Crippen molar-refractivity contribution in [1.82, 2.24) is 0 Å². The van der Waals surface area contributed by atoms with E-state index in [1.165, 1.54) is 43.2 Å². The molecule has 1 aliphatic carbocycles. The molecule has 1 fully saturated rings. The molecular weight excluding hydrogens is 264 g/mol. The zero-order valence-corrected chi connectivity index (χ0v) is 12.1. The Kier molecular flexibility index (Phi) is 5.22. The summed E-state index contributed by atoms with van der Waals surface area (Å²) in [4.78, 5) is 0.513. The molecule has 3 atom stereocenters. The van der Waals surface area contributed by atoms with Gasteiger partial charge in [0.2, 0.25) is 0 Å². The molecule has 3 unspecified atom stereocenters. The Hall–Kier alpha value is -0.610. The van der Waals surface area contributed by atoms with E-state index < -0.39 is 11.6 Å². The third-order valence-corrected chi connectivity index (χ3v) is 5.25. The normalized spacial score (nSPS) is 27.5. The molecule has 19 heavy (non-hydrogen) atoms. The van der Waals surface area contributed by atoms with E-state index in [1.807, 2.05) is 0 Å². The fourth-order valence-electron chi connectivity index (χ4n) is 2.78. The number of hydrogen-bond acceptors (Lipinski definition) is 2. The Balaban J connectivity index is 2.03. The van der Waals surface area contributed by atoms with E-state index in [4.69, 9.17) is 5.73 Å². The molecule has 0 spiro atoms. The minimum Gasteiger partial charge on any atom is -0.327 e. The molecule has 1 saturated carbocycles. The van der Waals surface area contributed by atoms with Crippen molar-refractivity contribution in [3.05, 3.63) is 29.8 Å². The number of hydrogen-bond donors (Lipinski definition) is 1. The first-order chi connectivity index (χ1) is 9.10. The van der Waals surface area contributed by atoms with Gasteiger partial charge in [0.15, 0.2) is 0 Å². The van der Waals surface area contributed by atoms with Gasteiger partial charge in [0.1, 0.15) is 11.6 Å². The molecule has 0 aromatic heterocycles. The second-order valence-corrected chi connectivity index (χ2v) is 6.64. The maximum absolute atomic E-state index is 13.7. The Morgan fingerprint density at radius 3 is 2.79 bits per heavy atom. The van der Waals surface area contributed by atoms with Crippen LogP contribution in [0, 0.1) is 17.6 Å². The molecule has 4 heteroatoms. The molecule has 0 radical (unpaired) electrons. The van der Waals surface area contributed by atoms with E-state index in [0.717, 1.165) is 18.9 Å². The fourth-order valence-corrected chi connectivity index (χ4v) is 4.10. The van der Waals surface area contributed by atoms with Crippen LogP contribution in [0.3, 0.4) is 0 Å². The molecule has 1 aromatic carbocycles. The molecular formula is C15H21F2NS. The SMILES string of the molecule is CCCC1CCC(N)C(Sc2ccc(F)cc2F)C1. The van der Waals surface area contributed by atoms with Crippen LogP contribution in [0.5, 0.6) is 0 Å². The topological polar surface area (TPSA) is 26.0 Å². The van der Waals surface area contributed by atoms with Gasteiger partial charge in [0.25, 0.3) is 0 Å². The van der Waals surface area contributed by atoms with E-state index in [-0.39, 0.29) is 11.3 Å². The number of benzene rings is 1. The maximum atomic E-state index is 13.7. The van der Waals surface area contributed by atoms with Gasteiger partial charge in [-0.25, -0.2) is 8.78 Å². The minimum absolute atomic E-state index is 0.113. The lowest BCUT2D eigenvalue weighted by atomic mass is 9.83. The van der Waals surface area contributed by atoms with Gasteiger partial charge in [-0.05, 0) is 37.3 Å². The third kappa shape index (κ3) is 3.93. The predicted molar refractivity (Wildman–Crippen MR) is 76.2 cm³/mol. The number of nitrogens with two attached hydrogens (primary N) is 1. The van der Waals surface area contributed by atoms with Crippen LogP contribution in [-0.2, 0) is 0 Å². The third-order valence-electron chi connectivity index (χ3n) is 3.82. The molecule has 0 bridgehead atoms. The smallest absolute Gasteiger partial charge is 0.139 e. The highest BCUT2D eigenvalue weighted by molar-refractivity contribution is 8.00. The predicted octanol–water partition coefficient (Wildman–Crippen LogP) is 4.35. The van der Waals surface area contributed by atoms with Crippen LogP contribution in [0.1, 0.15) is 39.0 Å². The van der Waals surface area contributed by atoms with E-state index in [9.17, 15) is 8.78 Å². The summed E-state index contributed by atoms with van der Waals surface area (Å²) in [5.74, 6) is -0.306. The average molecular weight is 285 g/mol. The van der Waals surface area contributed by atoms with Crippen LogP contribution in [0.2, 0.25) is 0 Å². The molecule has 2 N–H and O–H groups in total. The fraction of sp³-hybridized carbons (Fsp3) is 0.600. The van der Waals surface area contributed by atoms with Gasteiger partial charge >= 0.3 is 0 Å². The Morgan fingerprint density at radius 2 is 2.11 bits per heavy atom. The molecule has 0 heterocycles. The van der Waals surface area contributed by atoms with Gasteiger partial charge in [-0.1, -0.05) is 19.8 Å². The highest BCUT2D eigenvalue weighted by Gasteiger charge is 2.29. The van der Waals surface area contributed by atoms with Crippen LogP contribution < -0.4 is 5.73 Å². The Morgan fingerprint density at radius 1 is 1.32 bits per heavy atom.